The molecule has 0 aromatic rings. The van der Waals surface area contributed by atoms with Crippen molar-refractivity contribution in [1.29, 1.82) is 0 Å². The minimum absolute atomic E-state index is 0.104. The maximum Gasteiger partial charge on any atom is 0.138 e. The van der Waals surface area contributed by atoms with Crippen LogP contribution in [-0.4, -0.2) is 27.2 Å². The van der Waals surface area contributed by atoms with Crippen molar-refractivity contribution in [3.8, 4) is 0 Å². The Labute approximate surface area is 87.1 Å². The fraction of sp³-hybridized carbons (Fsp3) is 0.600. The van der Waals surface area contributed by atoms with Crippen molar-refractivity contribution >= 4 is 57.7 Å². The smallest absolute Gasteiger partial charge is 0.138 e. The summed E-state index contributed by atoms with van der Waals surface area (Å²) in [5.74, 6) is 0. The van der Waals surface area contributed by atoms with Gasteiger partial charge in [0.15, 0.2) is 0 Å². The fourth-order valence-corrected chi connectivity index (χ4v) is 1.53. The van der Waals surface area contributed by atoms with Crippen LogP contribution < -0.4 is 5.32 Å². The molecule has 1 heterocycles. The third-order valence-corrected chi connectivity index (χ3v) is 5.16. The Balaban J connectivity index is 2.77. The number of nitrogens with zero attached hydrogens (tertiary/aromatic N) is 2. The van der Waals surface area contributed by atoms with E-state index in [1.54, 1.807) is 6.34 Å². The van der Waals surface area contributed by atoms with E-state index in [4.69, 9.17) is 0 Å². The highest BCUT2D eigenvalue weighted by Crippen LogP contribution is 2.26. The van der Waals surface area contributed by atoms with E-state index < -0.39 is 0 Å². The van der Waals surface area contributed by atoms with Gasteiger partial charge in [-0.2, -0.15) is 0 Å². The number of halogens is 2. The summed E-state index contributed by atoms with van der Waals surface area (Å²) in [7, 11) is 1.91. The van der Waals surface area contributed by atoms with E-state index in [1.807, 2.05) is 13.3 Å². The van der Waals surface area contributed by atoms with Crippen molar-refractivity contribution in [1.82, 2.24) is 5.32 Å². The van der Waals surface area contributed by atoms with Crippen LogP contribution in [0.25, 0.3) is 0 Å². The Morgan fingerprint density at radius 1 is 1.70 bits per heavy atom. The molecule has 56 valence electrons. The van der Waals surface area contributed by atoms with Gasteiger partial charge in [-0.15, -0.1) is 0 Å². The van der Waals surface area contributed by atoms with Gasteiger partial charge in [-0.25, -0.2) is 4.99 Å². The zero-order valence-corrected chi connectivity index (χ0v) is 9.70. The fourth-order valence-electron chi connectivity index (χ4n) is 0.592. The van der Waals surface area contributed by atoms with Crippen molar-refractivity contribution in [2.24, 2.45) is 9.98 Å². The summed E-state index contributed by atoms with van der Waals surface area (Å²) in [4.78, 5) is 8.11. The monoisotopic (exact) mass is 363 g/mol. The summed E-state index contributed by atoms with van der Waals surface area (Å²) in [6, 6.07) is 0. The van der Waals surface area contributed by atoms with Crippen molar-refractivity contribution in [3.63, 3.8) is 0 Å². The minimum Gasteiger partial charge on any atom is -0.299 e. The van der Waals surface area contributed by atoms with Crippen LogP contribution in [0.5, 0.6) is 0 Å². The Morgan fingerprint density at radius 3 is 2.80 bits per heavy atom. The zero-order valence-electron chi connectivity index (χ0n) is 5.38. The molecule has 1 rings (SSSR count). The maximum absolute atomic E-state index is 4.15. The van der Waals surface area contributed by atoms with E-state index in [1.165, 1.54) is 0 Å². The molecule has 5 heteroatoms. The summed E-state index contributed by atoms with van der Waals surface area (Å²) in [5.41, 5.74) is 0. The number of likely N-dealkylation sites (N-methyl/N-ethyl adjacent to an activating group) is 1. The molecule has 1 aliphatic rings. The van der Waals surface area contributed by atoms with Gasteiger partial charge in [-0.05, 0) is 7.05 Å². The van der Waals surface area contributed by atoms with Crippen molar-refractivity contribution in [2.45, 2.75) is 7.59 Å². The van der Waals surface area contributed by atoms with Gasteiger partial charge in [0.05, 0.1) is 0 Å². The third-order valence-electron chi connectivity index (χ3n) is 1.26. The topological polar surface area (TPSA) is 36.8 Å². The lowest BCUT2D eigenvalue weighted by molar-refractivity contribution is 0.675. The SMILES string of the molecule is CNC1(I)C=NC=NC1I. The zero-order chi connectivity index (χ0) is 7.61. The number of nitrogens with one attached hydrogen (secondary N) is 1. The van der Waals surface area contributed by atoms with Gasteiger partial charge in [0, 0.05) is 6.21 Å². The average Bonchev–Trinajstić information content (AvgIpc) is 1.96. The molecule has 0 aromatic carbocycles. The van der Waals surface area contributed by atoms with Crippen LogP contribution >= 0.6 is 45.2 Å². The predicted molar refractivity (Wildman–Crippen MR) is 60.6 cm³/mol. The Morgan fingerprint density at radius 2 is 2.40 bits per heavy atom. The average molecular weight is 363 g/mol. The first-order chi connectivity index (χ1) is 4.69. The highest BCUT2D eigenvalue weighted by molar-refractivity contribution is 14.1. The molecule has 0 fully saturated rings. The van der Waals surface area contributed by atoms with Gasteiger partial charge in [-0.1, -0.05) is 45.2 Å². The second-order valence-corrected chi connectivity index (χ2v) is 4.86. The number of rotatable bonds is 1. The van der Waals surface area contributed by atoms with Gasteiger partial charge in [-0.3, -0.25) is 10.3 Å². The minimum atomic E-state index is -0.104. The van der Waals surface area contributed by atoms with E-state index in [9.17, 15) is 0 Å². The summed E-state index contributed by atoms with van der Waals surface area (Å²) in [6.45, 7) is 0. The third kappa shape index (κ3) is 1.67. The number of hydrogen-bond acceptors (Lipinski definition) is 3. The van der Waals surface area contributed by atoms with Crippen molar-refractivity contribution in [3.05, 3.63) is 0 Å². The Hall–Kier alpha value is 0.760. The van der Waals surface area contributed by atoms with E-state index in [0.717, 1.165) is 0 Å². The molecule has 10 heavy (non-hydrogen) atoms. The summed E-state index contributed by atoms with van der Waals surface area (Å²) < 4.78 is 0.126. The Kier molecular flexibility index (Phi) is 3.04. The van der Waals surface area contributed by atoms with Gasteiger partial charge in [0.25, 0.3) is 0 Å². The molecule has 0 saturated carbocycles. The summed E-state index contributed by atoms with van der Waals surface area (Å²) in [5, 5.41) is 3.15. The molecular weight excluding hydrogens is 356 g/mol. The molecule has 0 bridgehead atoms. The number of alkyl halides is 2. The predicted octanol–water partition coefficient (Wildman–Crippen LogP) is 1.21. The van der Waals surface area contributed by atoms with Gasteiger partial charge < -0.3 is 0 Å². The van der Waals surface area contributed by atoms with Crippen LogP contribution in [0.1, 0.15) is 0 Å². The maximum atomic E-state index is 4.15. The van der Waals surface area contributed by atoms with Gasteiger partial charge in [0.1, 0.15) is 13.9 Å². The highest BCUT2D eigenvalue weighted by atomic mass is 127. The lowest BCUT2D eigenvalue weighted by Gasteiger charge is -2.26. The molecule has 2 atom stereocenters. The lowest BCUT2D eigenvalue weighted by atomic mass is 10.3. The second-order valence-electron chi connectivity index (χ2n) is 1.90. The largest absolute Gasteiger partial charge is 0.299 e. The summed E-state index contributed by atoms with van der Waals surface area (Å²) >= 11 is 4.57. The van der Waals surface area contributed by atoms with E-state index in [2.05, 4.69) is 60.5 Å². The molecule has 0 amide bonds. The molecule has 1 aliphatic heterocycles. The Bertz CT molecular complexity index is 180. The molecule has 2 unspecified atom stereocenters. The van der Waals surface area contributed by atoms with Gasteiger partial charge >= 0.3 is 0 Å². The van der Waals surface area contributed by atoms with E-state index >= 15 is 0 Å². The molecule has 0 saturated heterocycles. The molecular formula is C5H7I2N3. The second kappa shape index (κ2) is 3.44. The quantitative estimate of drug-likeness (QED) is 0.425. The van der Waals surface area contributed by atoms with Crippen LogP contribution in [0.3, 0.4) is 0 Å². The molecule has 0 spiro atoms. The first kappa shape index (κ1) is 8.85. The standard InChI is InChI=1S/C5H7I2N3/c1-8-5(7)2-9-3-10-4(5)6/h2-4,8H,1H3. The molecule has 0 radical (unpaired) electrons. The van der Waals surface area contributed by atoms with Crippen LogP contribution in [0.2, 0.25) is 0 Å². The summed E-state index contributed by atoms with van der Waals surface area (Å²) in [6.07, 6.45) is 3.46. The van der Waals surface area contributed by atoms with E-state index in [0.29, 0.717) is 0 Å². The lowest BCUT2D eigenvalue weighted by Crippen LogP contribution is -2.46. The van der Waals surface area contributed by atoms with Gasteiger partial charge in [0.2, 0.25) is 0 Å². The van der Waals surface area contributed by atoms with Crippen molar-refractivity contribution in [2.75, 3.05) is 7.05 Å². The highest BCUT2D eigenvalue weighted by Gasteiger charge is 2.31. The first-order valence-corrected chi connectivity index (χ1v) is 5.09. The molecule has 3 nitrogen and oxygen atoms in total. The first-order valence-electron chi connectivity index (χ1n) is 2.77. The van der Waals surface area contributed by atoms with Crippen LogP contribution in [0.4, 0.5) is 0 Å². The molecule has 1 N–H and O–H groups in total. The van der Waals surface area contributed by atoms with E-state index in [-0.39, 0.29) is 7.59 Å². The normalized spacial score (nSPS) is 38.5. The van der Waals surface area contributed by atoms with Crippen LogP contribution in [-0.2, 0) is 0 Å². The van der Waals surface area contributed by atoms with Crippen LogP contribution in [0, 0.1) is 0 Å². The van der Waals surface area contributed by atoms with Crippen LogP contribution in [0.15, 0.2) is 9.98 Å². The number of aliphatic imine (C=N–C) groups is 2. The molecule has 0 aromatic heterocycles. The van der Waals surface area contributed by atoms with Crippen molar-refractivity contribution < 1.29 is 0 Å². The number of hydrogen-bond donors (Lipinski definition) is 1. The molecule has 0 aliphatic carbocycles.